The lowest BCUT2D eigenvalue weighted by molar-refractivity contribution is -0.120. The quantitative estimate of drug-likeness (QED) is 0.785. The first kappa shape index (κ1) is 14.4. The van der Waals surface area contributed by atoms with Gasteiger partial charge in [-0.1, -0.05) is 6.92 Å². The predicted molar refractivity (Wildman–Crippen MR) is 67.5 cm³/mol. The molecule has 1 amide bonds. The second kappa shape index (κ2) is 5.54. The zero-order valence-corrected chi connectivity index (χ0v) is 10.7. The van der Waals surface area contributed by atoms with Crippen LogP contribution in [0.3, 0.4) is 0 Å². The van der Waals surface area contributed by atoms with E-state index >= 15 is 0 Å². The highest BCUT2D eigenvalue weighted by Crippen LogP contribution is 2.23. The van der Waals surface area contributed by atoms with Crippen molar-refractivity contribution in [1.29, 1.82) is 0 Å². The van der Waals surface area contributed by atoms with Crippen molar-refractivity contribution in [3.63, 3.8) is 0 Å². The number of carbonyl (C=O) groups is 2. The Morgan fingerprint density at radius 2 is 2.00 bits per heavy atom. The minimum Gasteiger partial charge on any atom is -0.478 e. The van der Waals surface area contributed by atoms with Crippen molar-refractivity contribution in [2.75, 3.05) is 18.4 Å². The van der Waals surface area contributed by atoms with Crippen molar-refractivity contribution in [3.8, 4) is 0 Å². The second-order valence-corrected chi connectivity index (χ2v) is 4.85. The molecular formula is C13H14F2N2O3. The molecule has 7 heteroatoms. The molecule has 108 valence electrons. The molecule has 2 atom stereocenters. The third-order valence-corrected chi connectivity index (χ3v) is 3.40. The fourth-order valence-corrected chi connectivity index (χ4v) is 2.20. The van der Waals surface area contributed by atoms with Crippen LogP contribution in [-0.4, -0.2) is 30.1 Å². The molecule has 0 saturated carbocycles. The number of rotatable bonds is 3. The van der Waals surface area contributed by atoms with E-state index in [-0.39, 0.29) is 17.5 Å². The number of hydrogen-bond donors (Lipinski definition) is 3. The molecule has 1 aliphatic rings. The zero-order valence-electron chi connectivity index (χ0n) is 10.7. The van der Waals surface area contributed by atoms with E-state index in [0.29, 0.717) is 19.2 Å². The van der Waals surface area contributed by atoms with E-state index in [9.17, 15) is 18.4 Å². The van der Waals surface area contributed by atoms with Crippen LogP contribution in [-0.2, 0) is 4.79 Å². The Kier molecular flexibility index (Phi) is 3.99. The molecule has 1 saturated heterocycles. The normalized spacial score (nSPS) is 21.8. The summed E-state index contributed by atoms with van der Waals surface area (Å²) in [5.41, 5.74) is -1.01. The molecule has 0 radical (unpaired) electrons. The van der Waals surface area contributed by atoms with Crippen molar-refractivity contribution < 1.29 is 23.5 Å². The van der Waals surface area contributed by atoms with E-state index in [4.69, 9.17) is 5.11 Å². The molecule has 0 aliphatic carbocycles. The van der Waals surface area contributed by atoms with Gasteiger partial charge in [-0.3, -0.25) is 4.79 Å². The molecule has 0 bridgehead atoms. The number of hydrogen-bond acceptors (Lipinski definition) is 3. The summed E-state index contributed by atoms with van der Waals surface area (Å²) in [6, 6.07) is 1.24. The van der Waals surface area contributed by atoms with Crippen LogP contribution < -0.4 is 10.6 Å². The van der Waals surface area contributed by atoms with Gasteiger partial charge in [-0.2, -0.15) is 0 Å². The van der Waals surface area contributed by atoms with Crippen LogP contribution in [0.4, 0.5) is 14.5 Å². The third-order valence-electron chi connectivity index (χ3n) is 3.40. The molecule has 1 aromatic rings. The highest BCUT2D eigenvalue weighted by molar-refractivity contribution is 5.95. The first-order chi connectivity index (χ1) is 9.40. The highest BCUT2D eigenvalue weighted by atomic mass is 19.1. The van der Waals surface area contributed by atoms with Gasteiger partial charge in [0.15, 0.2) is 0 Å². The molecule has 1 aromatic carbocycles. The Morgan fingerprint density at radius 1 is 1.30 bits per heavy atom. The number of amides is 1. The smallest absolute Gasteiger partial charge is 0.338 e. The maximum atomic E-state index is 13.6. The number of aromatic carboxylic acids is 1. The van der Waals surface area contributed by atoms with Crippen LogP contribution in [0.5, 0.6) is 0 Å². The molecular weight excluding hydrogens is 270 g/mol. The maximum Gasteiger partial charge on any atom is 0.338 e. The lowest BCUT2D eigenvalue weighted by Gasteiger charge is -2.15. The van der Waals surface area contributed by atoms with Gasteiger partial charge in [-0.25, -0.2) is 13.6 Å². The molecule has 1 aliphatic heterocycles. The van der Waals surface area contributed by atoms with E-state index in [1.54, 1.807) is 0 Å². The van der Waals surface area contributed by atoms with Gasteiger partial charge >= 0.3 is 5.97 Å². The van der Waals surface area contributed by atoms with Gasteiger partial charge in [0.2, 0.25) is 5.91 Å². The third kappa shape index (κ3) is 2.77. The van der Waals surface area contributed by atoms with Gasteiger partial charge in [0.1, 0.15) is 11.6 Å². The summed E-state index contributed by atoms with van der Waals surface area (Å²) in [6.07, 6.45) is 0. The van der Waals surface area contributed by atoms with Crippen LogP contribution in [0.1, 0.15) is 17.3 Å². The summed E-state index contributed by atoms with van der Waals surface area (Å²) in [7, 11) is 0. The number of carboxylic acids is 1. The van der Waals surface area contributed by atoms with E-state index < -0.39 is 29.1 Å². The summed E-state index contributed by atoms with van der Waals surface area (Å²) in [5.74, 6) is -4.34. The van der Waals surface area contributed by atoms with E-state index in [1.165, 1.54) is 0 Å². The molecule has 1 heterocycles. The molecule has 0 aromatic heterocycles. The van der Waals surface area contributed by atoms with Gasteiger partial charge in [-0.15, -0.1) is 0 Å². The first-order valence-corrected chi connectivity index (χ1v) is 6.14. The zero-order chi connectivity index (χ0) is 14.9. The number of halogens is 2. The van der Waals surface area contributed by atoms with Crippen LogP contribution in [0.25, 0.3) is 0 Å². The Bertz CT molecular complexity index is 563. The molecule has 3 N–H and O–H groups in total. The summed E-state index contributed by atoms with van der Waals surface area (Å²) >= 11 is 0. The highest BCUT2D eigenvalue weighted by Gasteiger charge is 2.30. The SMILES string of the molecule is C[C@@H]1CNC[C@H]1C(=O)Nc1cc(C(=O)O)c(F)cc1F. The van der Waals surface area contributed by atoms with E-state index in [0.717, 1.165) is 6.07 Å². The summed E-state index contributed by atoms with van der Waals surface area (Å²) < 4.78 is 26.8. The maximum absolute atomic E-state index is 13.6. The largest absolute Gasteiger partial charge is 0.478 e. The predicted octanol–water partition coefficient (Wildman–Crippen LogP) is 1.46. The first-order valence-electron chi connectivity index (χ1n) is 6.14. The van der Waals surface area contributed by atoms with Crippen molar-refractivity contribution in [2.24, 2.45) is 11.8 Å². The Hall–Kier alpha value is -2.02. The van der Waals surface area contributed by atoms with Crippen molar-refractivity contribution in [3.05, 3.63) is 29.3 Å². The molecule has 20 heavy (non-hydrogen) atoms. The average molecular weight is 284 g/mol. The van der Waals surface area contributed by atoms with Crippen molar-refractivity contribution >= 4 is 17.6 Å². The fourth-order valence-electron chi connectivity index (χ4n) is 2.20. The summed E-state index contributed by atoms with van der Waals surface area (Å²) in [6.45, 7) is 3.04. The Morgan fingerprint density at radius 3 is 2.55 bits per heavy atom. The standard InChI is InChI=1S/C13H14F2N2O3/c1-6-4-16-5-8(6)12(18)17-11-2-7(13(19)20)9(14)3-10(11)15/h2-3,6,8,16H,4-5H2,1H3,(H,17,18)(H,19,20)/t6-,8-/m1/s1. The van der Waals surface area contributed by atoms with Crippen LogP contribution in [0.15, 0.2) is 12.1 Å². The minimum atomic E-state index is -1.52. The molecule has 0 spiro atoms. The monoisotopic (exact) mass is 284 g/mol. The van der Waals surface area contributed by atoms with Crippen LogP contribution >= 0.6 is 0 Å². The van der Waals surface area contributed by atoms with Crippen LogP contribution in [0.2, 0.25) is 0 Å². The number of anilines is 1. The summed E-state index contributed by atoms with van der Waals surface area (Å²) in [4.78, 5) is 22.8. The number of carbonyl (C=O) groups excluding carboxylic acids is 1. The average Bonchev–Trinajstić information content (AvgIpc) is 2.78. The molecule has 1 fully saturated rings. The van der Waals surface area contributed by atoms with E-state index in [2.05, 4.69) is 10.6 Å². The fraction of sp³-hybridized carbons (Fsp3) is 0.385. The van der Waals surface area contributed by atoms with Gasteiger partial charge in [-0.05, 0) is 18.5 Å². The van der Waals surface area contributed by atoms with E-state index in [1.807, 2.05) is 6.92 Å². The minimum absolute atomic E-state index is 0.0949. The van der Waals surface area contributed by atoms with Crippen molar-refractivity contribution in [1.82, 2.24) is 5.32 Å². The Balaban J connectivity index is 2.22. The van der Waals surface area contributed by atoms with Crippen LogP contribution in [0, 0.1) is 23.5 Å². The van der Waals surface area contributed by atoms with Gasteiger partial charge < -0.3 is 15.7 Å². The number of benzene rings is 1. The molecule has 5 nitrogen and oxygen atoms in total. The lowest BCUT2D eigenvalue weighted by atomic mass is 9.97. The van der Waals surface area contributed by atoms with Gasteiger partial charge in [0, 0.05) is 12.6 Å². The Labute approximate surface area is 114 Å². The molecule has 2 rings (SSSR count). The van der Waals surface area contributed by atoms with Gasteiger partial charge in [0.25, 0.3) is 0 Å². The topological polar surface area (TPSA) is 78.4 Å². The number of carboxylic acid groups (broad SMARTS) is 1. The van der Waals surface area contributed by atoms with Crippen molar-refractivity contribution in [2.45, 2.75) is 6.92 Å². The lowest BCUT2D eigenvalue weighted by Crippen LogP contribution is -2.28. The number of nitrogens with one attached hydrogen (secondary N) is 2. The molecule has 0 unspecified atom stereocenters. The van der Waals surface area contributed by atoms with Gasteiger partial charge in [0.05, 0.1) is 17.2 Å². The summed E-state index contributed by atoms with van der Waals surface area (Å²) in [5, 5.41) is 14.1. The second-order valence-electron chi connectivity index (χ2n) is 4.85.